The molecule has 0 bridgehead atoms. The van der Waals surface area contributed by atoms with Crippen LogP contribution in [0.1, 0.15) is 31.7 Å². The Bertz CT molecular complexity index is 403. The molecule has 100 valence electrons. The first-order chi connectivity index (χ1) is 8.42. The van der Waals surface area contributed by atoms with E-state index in [2.05, 4.69) is 0 Å². The molecule has 0 aliphatic carbocycles. The van der Waals surface area contributed by atoms with Crippen molar-refractivity contribution >= 4 is 5.78 Å². The van der Waals surface area contributed by atoms with Gasteiger partial charge < -0.3 is 4.74 Å². The van der Waals surface area contributed by atoms with Crippen LogP contribution in [0.3, 0.4) is 0 Å². The zero-order chi connectivity index (χ0) is 13.6. The first-order valence-corrected chi connectivity index (χ1v) is 6.00. The number of rotatable bonds is 7. The fourth-order valence-electron chi connectivity index (χ4n) is 1.52. The lowest BCUT2D eigenvalue weighted by Crippen LogP contribution is -2.25. The Hall–Kier alpha value is -1.45. The van der Waals surface area contributed by atoms with Crippen LogP contribution in [0.4, 0.5) is 8.78 Å². The van der Waals surface area contributed by atoms with Gasteiger partial charge in [-0.3, -0.25) is 4.79 Å². The Morgan fingerprint density at radius 2 is 2.06 bits per heavy atom. The predicted octanol–water partition coefficient (Wildman–Crippen LogP) is 3.77. The Morgan fingerprint density at radius 3 is 2.67 bits per heavy atom. The molecule has 0 aliphatic rings. The van der Waals surface area contributed by atoms with E-state index in [-0.39, 0.29) is 6.42 Å². The van der Waals surface area contributed by atoms with E-state index in [1.54, 1.807) is 0 Å². The molecule has 0 fully saturated rings. The molecule has 0 spiro atoms. The maximum absolute atomic E-state index is 13.0. The third-order valence-electron chi connectivity index (χ3n) is 2.66. The van der Waals surface area contributed by atoms with Crippen LogP contribution in [-0.4, -0.2) is 18.3 Å². The second kappa shape index (κ2) is 6.47. The van der Waals surface area contributed by atoms with E-state index in [1.807, 2.05) is 31.2 Å². The van der Waals surface area contributed by atoms with Gasteiger partial charge in [-0.15, -0.1) is 0 Å². The highest BCUT2D eigenvalue weighted by Crippen LogP contribution is 2.22. The van der Waals surface area contributed by atoms with Crippen molar-refractivity contribution in [2.24, 2.45) is 0 Å². The Labute approximate surface area is 106 Å². The number of ketones is 1. The summed E-state index contributed by atoms with van der Waals surface area (Å²) in [4.78, 5) is 10.6. The molecule has 0 radical (unpaired) electrons. The summed E-state index contributed by atoms with van der Waals surface area (Å²) in [5.74, 6) is -3.51. The first-order valence-electron chi connectivity index (χ1n) is 6.00. The second-order valence-corrected chi connectivity index (χ2v) is 4.38. The molecule has 1 aromatic carbocycles. The lowest BCUT2D eigenvalue weighted by atomic mass is 10.1. The highest BCUT2D eigenvalue weighted by atomic mass is 19.3. The van der Waals surface area contributed by atoms with Crippen LogP contribution in [0.25, 0.3) is 0 Å². The van der Waals surface area contributed by atoms with E-state index >= 15 is 0 Å². The van der Waals surface area contributed by atoms with Crippen molar-refractivity contribution in [2.45, 2.75) is 39.0 Å². The average Bonchev–Trinajstić information content (AvgIpc) is 2.28. The van der Waals surface area contributed by atoms with Crippen LogP contribution in [0.15, 0.2) is 24.3 Å². The highest BCUT2D eigenvalue weighted by Gasteiger charge is 2.33. The van der Waals surface area contributed by atoms with Gasteiger partial charge in [-0.05, 0) is 37.5 Å². The highest BCUT2D eigenvalue weighted by molar-refractivity contribution is 5.82. The molecule has 2 nitrogen and oxygen atoms in total. The molecular weight excluding hydrogens is 238 g/mol. The van der Waals surface area contributed by atoms with Crippen LogP contribution in [-0.2, 0) is 4.79 Å². The summed E-state index contributed by atoms with van der Waals surface area (Å²) in [6.45, 7) is 3.26. The number of hydrogen-bond acceptors (Lipinski definition) is 2. The minimum atomic E-state index is -3.19. The van der Waals surface area contributed by atoms with E-state index < -0.39 is 18.1 Å². The standard InChI is InChI=1S/C14H18F2O2/c1-11-6-5-7-13(10-11)18-9-4-3-8-14(15,16)12(2)17/h5-7,10H,3-4,8-9H2,1-2H3. The van der Waals surface area contributed by atoms with Gasteiger partial charge in [-0.2, -0.15) is 8.78 Å². The summed E-state index contributed by atoms with van der Waals surface area (Å²) >= 11 is 0. The molecule has 0 aliphatic heterocycles. The molecule has 0 amide bonds. The third-order valence-corrected chi connectivity index (χ3v) is 2.66. The molecule has 0 N–H and O–H groups in total. The second-order valence-electron chi connectivity index (χ2n) is 4.38. The smallest absolute Gasteiger partial charge is 0.304 e. The number of carbonyl (C=O) groups excluding carboxylic acids is 1. The van der Waals surface area contributed by atoms with Crippen molar-refractivity contribution in [3.05, 3.63) is 29.8 Å². The zero-order valence-electron chi connectivity index (χ0n) is 10.7. The maximum atomic E-state index is 13.0. The number of hydrogen-bond donors (Lipinski definition) is 0. The van der Waals surface area contributed by atoms with Crippen molar-refractivity contribution in [2.75, 3.05) is 6.61 Å². The molecular formula is C14H18F2O2. The van der Waals surface area contributed by atoms with E-state index in [9.17, 15) is 13.6 Å². The minimum Gasteiger partial charge on any atom is -0.494 e. The Balaban J connectivity index is 2.22. The van der Waals surface area contributed by atoms with Gasteiger partial charge in [0.2, 0.25) is 0 Å². The quantitative estimate of drug-likeness (QED) is 0.694. The largest absolute Gasteiger partial charge is 0.494 e. The van der Waals surface area contributed by atoms with E-state index in [0.29, 0.717) is 13.0 Å². The molecule has 18 heavy (non-hydrogen) atoms. The van der Waals surface area contributed by atoms with Crippen molar-refractivity contribution < 1.29 is 18.3 Å². The van der Waals surface area contributed by atoms with Crippen LogP contribution in [0, 0.1) is 6.92 Å². The van der Waals surface area contributed by atoms with Gasteiger partial charge in [0.05, 0.1) is 6.61 Å². The van der Waals surface area contributed by atoms with Crippen LogP contribution >= 0.6 is 0 Å². The molecule has 0 saturated carbocycles. The van der Waals surface area contributed by atoms with Gasteiger partial charge in [0.15, 0.2) is 5.78 Å². The summed E-state index contributed by atoms with van der Waals surface area (Å²) in [5, 5.41) is 0. The molecule has 4 heteroatoms. The lowest BCUT2D eigenvalue weighted by Gasteiger charge is -2.12. The average molecular weight is 256 g/mol. The van der Waals surface area contributed by atoms with Crippen LogP contribution < -0.4 is 4.74 Å². The number of unbranched alkanes of at least 4 members (excludes halogenated alkanes) is 1. The molecule has 0 atom stereocenters. The molecule has 1 aromatic rings. The first kappa shape index (κ1) is 14.6. The predicted molar refractivity (Wildman–Crippen MR) is 66.2 cm³/mol. The van der Waals surface area contributed by atoms with Crippen molar-refractivity contribution in [3.8, 4) is 5.75 Å². The molecule has 0 aromatic heterocycles. The maximum Gasteiger partial charge on any atom is 0.304 e. The van der Waals surface area contributed by atoms with Crippen LogP contribution in [0.5, 0.6) is 5.75 Å². The number of benzene rings is 1. The number of carbonyl (C=O) groups is 1. The van der Waals surface area contributed by atoms with Gasteiger partial charge in [0.1, 0.15) is 5.75 Å². The van der Waals surface area contributed by atoms with Gasteiger partial charge >= 0.3 is 5.92 Å². The summed E-state index contributed by atoms with van der Waals surface area (Å²) in [6.07, 6.45) is 0.384. The van der Waals surface area contributed by atoms with Gasteiger partial charge in [0.25, 0.3) is 0 Å². The number of halogens is 2. The summed E-state index contributed by atoms with van der Waals surface area (Å²) < 4.78 is 31.4. The summed E-state index contributed by atoms with van der Waals surface area (Å²) in [5.41, 5.74) is 1.09. The summed E-state index contributed by atoms with van der Waals surface area (Å²) in [6, 6.07) is 7.57. The van der Waals surface area contributed by atoms with Crippen molar-refractivity contribution in [3.63, 3.8) is 0 Å². The number of ether oxygens (including phenoxy) is 1. The number of Topliss-reactive ketones (excluding diaryl/α,β-unsaturated/α-hetero) is 1. The Morgan fingerprint density at radius 1 is 1.33 bits per heavy atom. The zero-order valence-corrected chi connectivity index (χ0v) is 10.7. The van der Waals surface area contributed by atoms with Gasteiger partial charge in [0, 0.05) is 13.3 Å². The van der Waals surface area contributed by atoms with Crippen molar-refractivity contribution in [1.82, 2.24) is 0 Å². The van der Waals surface area contributed by atoms with E-state index in [0.717, 1.165) is 18.2 Å². The summed E-state index contributed by atoms with van der Waals surface area (Å²) in [7, 11) is 0. The Kier molecular flexibility index (Phi) is 5.25. The minimum absolute atomic E-state index is 0.276. The normalized spacial score (nSPS) is 11.3. The number of aryl methyl sites for hydroxylation is 1. The van der Waals surface area contributed by atoms with Gasteiger partial charge in [-0.1, -0.05) is 12.1 Å². The van der Waals surface area contributed by atoms with E-state index in [1.165, 1.54) is 0 Å². The third kappa shape index (κ3) is 4.82. The SMILES string of the molecule is CC(=O)C(F)(F)CCCCOc1cccc(C)c1. The molecule has 1 rings (SSSR count). The molecule has 0 saturated heterocycles. The van der Waals surface area contributed by atoms with Crippen LogP contribution in [0.2, 0.25) is 0 Å². The fraction of sp³-hybridized carbons (Fsp3) is 0.500. The number of alkyl halides is 2. The topological polar surface area (TPSA) is 26.3 Å². The van der Waals surface area contributed by atoms with Crippen molar-refractivity contribution in [1.29, 1.82) is 0 Å². The molecule has 0 unspecified atom stereocenters. The molecule has 0 heterocycles. The lowest BCUT2D eigenvalue weighted by molar-refractivity contribution is -0.141. The fourth-order valence-corrected chi connectivity index (χ4v) is 1.52. The van der Waals surface area contributed by atoms with E-state index in [4.69, 9.17) is 4.74 Å². The monoisotopic (exact) mass is 256 g/mol. The van der Waals surface area contributed by atoms with Gasteiger partial charge in [-0.25, -0.2) is 0 Å².